The van der Waals surface area contributed by atoms with E-state index in [1.165, 1.54) is 12.1 Å². The molecule has 2 amide bonds. The lowest BCUT2D eigenvalue weighted by Gasteiger charge is -2.36. The normalized spacial score (nSPS) is 15.6. The van der Waals surface area contributed by atoms with Gasteiger partial charge in [0.25, 0.3) is 0 Å². The minimum absolute atomic E-state index is 0.0713. The Morgan fingerprint density at radius 1 is 0.893 bits per heavy atom. The molecule has 148 valence electrons. The minimum Gasteiger partial charge on any atom is -0.354 e. The molecule has 0 atom stereocenters. The van der Waals surface area contributed by atoms with Gasteiger partial charge in [-0.25, -0.2) is 4.39 Å². The second-order valence-corrected chi connectivity index (χ2v) is 7.42. The molecule has 4 nitrogen and oxygen atoms in total. The Kier molecular flexibility index (Phi) is 6.80. The largest absolute Gasteiger partial charge is 0.354 e. The summed E-state index contributed by atoms with van der Waals surface area (Å²) in [7, 11) is 0. The first-order valence-corrected chi connectivity index (χ1v) is 9.95. The molecule has 0 unspecified atom stereocenters. The molecule has 2 aromatic carbocycles. The summed E-state index contributed by atoms with van der Waals surface area (Å²) in [6.07, 6.45) is 4.78. The van der Waals surface area contributed by atoms with E-state index in [0.717, 1.165) is 43.2 Å². The summed E-state index contributed by atoms with van der Waals surface area (Å²) in [4.78, 5) is 25.0. The molecule has 0 spiro atoms. The Morgan fingerprint density at radius 3 is 2.32 bits per heavy atom. The molecule has 28 heavy (non-hydrogen) atoms. The first kappa shape index (κ1) is 20.1. The van der Waals surface area contributed by atoms with Crippen LogP contribution in [0.2, 0.25) is 0 Å². The molecule has 0 aromatic heterocycles. The van der Waals surface area contributed by atoms with Crippen LogP contribution in [0.15, 0.2) is 54.6 Å². The second kappa shape index (κ2) is 9.49. The summed E-state index contributed by atoms with van der Waals surface area (Å²) in [6, 6.07) is 15.9. The summed E-state index contributed by atoms with van der Waals surface area (Å²) in [5.74, 6) is -0.462. The van der Waals surface area contributed by atoms with Crippen LogP contribution in [0, 0.1) is 5.82 Å². The lowest BCUT2D eigenvalue weighted by molar-refractivity contribution is -0.128. The molecule has 1 fully saturated rings. The van der Waals surface area contributed by atoms with Gasteiger partial charge in [0.15, 0.2) is 0 Å². The molecule has 0 aliphatic heterocycles. The summed E-state index contributed by atoms with van der Waals surface area (Å²) >= 11 is 0. The van der Waals surface area contributed by atoms with Gasteiger partial charge in [-0.2, -0.15) is 0 Å². The Labute approximate surface area is 165 Å². The number of carbonyl (C=O) groups is 2. The Balaban J connectivity index is 1.54. The molecule has 1 aliphatic rings. The molecule has 1 aliphatic carbocycles. The van der Waals surface area contributed by atoms with Crippen molar-refractivity contribution in [1.82, 2.24) is 10.6 Å². The van der Waals surface area contributed by atoms with Crippen molar-refractivity contribution in [3.8, 4) is 0 Å². The SMILES string of the molecule is O=C(Cc1ccccc1)NCCNC(=O)C1(c2cccc(F)c2)CCCCC1. The quantitative estimate of drug-likeness (QED) is 0.720. The molecule has 0 saturated heterocycles. The third kappa shape index (κ3) is 4.97. The zero-order valence-electron chi connectivity index (χ0n) is 16.0. The predicted molar refractivity (Wildman–Crippen MR) is 107 cm³/mol. The minimum atomic E-state index is -0.672. The number of halogens is 1. The number of benzene rings is 2. The van der Waals surface area contributed by atoms with Crippen LogP contribution in [0.25, 0.3) is 0 Å². The van der Waals surface area contributed by atoms with Crippen molar-refractivity contribution in [2.75, 3.05) is 13.1 Å². The van der Waals surface area contributed by atoms with E-state index in [4.69, 9.17) is 0 Å². The van der Waals surface area contributed by atoms with Crippen molar-refractivity contribution in [3.05, 3.63) is 71.5 Å². The highest BCUT2D eigenvalue weighted by Crippen LogP contribution is 2.39. The maximum Gasteiger partial charge on any atom is 0.230 e. The highest BCUT2D eigenvalue weighted by atomic mass is 19.1. The number of nitrogens with one attached hydrogen (secondary N) is 2. The third-order valence-corrected chi connectivity index (χ3v) is 5.46. The molecule has 5 heteroatoms. The van der Waals surface area contributed by atoms with E-state index >= 15 is 0 Å². The fraction of sp³-hybridized carbons (Fsp3) is 0.391. The number of rotatable bonds is 7. The number of amides is 2. The third-order valence-electron chi connectivity index (χ3n) is 5.46. The van der Waals surface area contributed by atoms with E-state index in [0.29, 0.717) is 19.5 Å². The Bertz CT molecular complexity index is 801. The van der Waals surface area contributed by atoms with Crippen LogP contribution in [0.1, 0.15) is 43.2 Å². The van der Waals surface area contributed by atoms with Gasteiger partial charge in [0.2, 0.25) is 11.8 Å². The Morgan fingerprint density at radius 2 is 1.61 bits per heavy atom. The average molecular weight is 382 g/mol. The van der Waals surface area contributed by atoms with Crippen LogP contribution in [-0.4, -0.2) is 24.9 Å². The fourth-order valence-corrected chi connectivity index (χ4v) is 3.98. The van der Waals surface area contributed by atoms with Crippen molar-refractivity contribution in [2.45, 2.75) is 43.9 Å². The van der Waals surface area contributed by atoms with Crippen LogP contribution < -0.4 is 10.6 Å². The molecular formula is C23H27FN2O2. The summed E-state index contributed by atoms with van der Waals surface area (Å²) in [5.41, 5.74) is 1.03. The maximum atomic E-state index is 13.8. The lowest BCUT2D eigenvalue weighted by Crippen LogP contribution is -2.47. The lowest BCUT2D eigenvalue weighted by atomic mass is 9.68. The molecular weight excluding hydrogens is 355 g/mol. The zero-order chi connectivity index (χ0) is 19.8. The van der Waals surface area contributed by atoms with E-state index in [-0.39, 0.29) is 17.6 Å². The van der Waals surface area contributed by atoms with Gasteiger partial charge in [-0.1, -0.05) is 61.7 Å². The molecule has 1 saturated carbocycles. The van der Waals surface area contributed by atoms with Gasteiger partial charge in [-0.3, -0.25) is 9.59 Å². The van der Waals surface area contributed by atoms with Crippen molar-refractivity contribution in [3.63, 3.8) is 0 Å². The Hall–Kier alpha value is -2.69. The van der Waals surface area contributed by atoms with Crippen LogP contribution in [0.5, 0.6) is 0 Å². The van der Waals surface area contributed by atoms with Gasteiger partial charge in [0.1, 0.15) is 5.82 Å². The van der Waals surface area contributed by atoms with Crippen molar-refractivity contribution in [2.24, 2.45) is 0 Å². The number of hydrogen-bond acceptors (Lipinski definition) is 2. The van der Waals surface area contributed by atoms with Gasteiger partial charge in [-0.05, 0) is 36.1 Å². The van der Waals surface area contributed by atoms with Gasteiger partial charge in [0.05, 0.1) is 11.8 Å². The van der Waals surface area contributed by atoms with Crippen molar-refractivity contribution < 1.29 is 14.0 Å². The molecule has 0 bridgehead atoms. The molecule has 0 heterocycles. The summed E-state index contributed by atoms with van der Waals surface area (Å²) < 4.78 is 13.8. The van der Waals surface area contributed by atoms with Crippen molar-refractivity contribution >= 4 is 11.8 Å². The molecule has 0 radical (unpaired) electrons. The van der Waals surface area contributed by atoms with Crippen LogP contribution >= 0.6 is 0 Å². The smallest absolute Gasteiger partial charge is 0.230 e. The molecule has 3 rings (SSSR count). The highest BCUT2D eigenvalue weighted by Gasteiger charge is 2.41. The molecule has 2 aromatic rings. The first-order chi connectivity index (χ1) is 13.6. The summed E-state index contributed by atoms with van der Waals surface area (Å²) in [5, 5.41) is 5.79. The van der Waals surface area contributed by atoms with E-state index in [9.17, 15) is 14.0 Å². The number of hydrogen-bond donors (Lipinski definition) is 2. The maximum absolute atomic E-state index is 13.8. The summed E-state index contributed by atoms with van der Waals surface area (Å²) in [6.45, 7) is 0.729. The van der Waals surface area contributed by atoms with E-state index in [1.807, 2.05) is 36.4 Å². The van der Waals surface area contributed by atoms with Crippen LogP contribution in [0.4, 0.5) is 4.39 Å². The van der Waals surface area contributed by atoms with E-state index < -0.39 is 5.41 Å². The topological polar surface area (TPSA) is 58.2 Å². The second-order valence-electron chi connectivity index (χ2n) is 7.42. The fourth-order valence-electron chi connectivity index (χ4n) is 3.98. The van der Waals surface area contributed by atoms with Gasteiger partial charge >= 0.3 is 0 Å². The predicted octanol–water partition coefficient (Wildman–Crippen LogP) is 3.50. The zero-order valence-corrected chi connectivity index (χ0v) is 16.0. The van der Waals surface area contributed by atoms with Gasteiger partial charge in [-0.15, -0.1) is 0 Å². The van der Waals surface area contributed by atoms with Gasteiger partial charge < -0.3 is 10.6 Å². The average Bonchev–Trinajstić information content (AvgIpc) is 2.72. The molecule has 2 N–H and O–H groups in total. The first-order valence-electron chi connectivity index (χ1n) is 9.95. The van der Waals surface area contributed by atoms with Crippen LogP contribution in [-0.2, 0) is 21.4 Å². The van der Waals surface area contributed by atoms with E-state index in [2.05, 4.69) is 10.6 Å². The van der Waals surface area contributed by atoms with Gasteiger partial charge in [0, 0.05) is 13.1 Å². The van der Waals surface area contributed by atoms with E-state index in [1.54, 1.807) is 6.07 Å². The number of carbonyl (C=O) groups excluding carboxylic acids is 2. The highest BCUT2D eigenvalue weighted by molar-refractivity contribution is 5.88. The monoisotopic (exact) mass is 382 g/mol. The van der Waals surface area contributed by atoms with Crippen LogP contribution in [0.3, 0.4) is 0 Å². The standard InChI is InChI=1S/C23H27FN2O2/c24-20-11-7-10-19(17-20)23(12-5-2-6-13-23)22(28)26-15-14-25-21(27)16-18-8-3-1-4-9-18/h1,3-4,7-11,17H,2,5-6,12-16H2,(H,25,27)(H,26,28). The van der Waals surface area contributed by atoms with Crippen molar-refractivity contribution in [1.29, 1.82) is 0 Å².